The van der Waals surface area contributed by atoms with Crippen molar-refractivity contribution in [2.45, 2.75) is 6.92 Å². The summed E-state index contributed by atoms with van der Waals surface area (Å²) >= 11 is 15.1. The van der Waals surface area contributed by atoms with E-state index in [9.17, 15) is 9.59 Å². The number of carbonyl (C=O) groups is 2. The van der Waals surface area contributed by atoms with Gasteiger partial charge in [-0.05, 0) is 48.9 Å². The lowest BCUT2D eigenvalue weighted by Crippen LogP contribution is -2.35. The highest BCUT2D eigenvalue weighted by Crippen LogP contribution is 2.27. The highest BCUT2D eigenvalue weighted by Gasteiger charge is 2.09. The zero-order valence-corrected chi connectivity index (χ0v) is 16.3. The monoisotopic (exact) mass is 444 g/mol. The highest BCUT2D eigenvalue weighted by molar-refractivity contribution is 9.10. The van der Waals surface area contributed by atoms with E-state index >= 15 is 0 Å². The van der Waals surface area contributed by atoms with Crippen LogP contribution >= 0.6 is 39.1 Å². The topological polar surface area (TPSA) is 67.4 Å². The maximum Gasteiger partial charge on any atom is 0.258 e. The predicted octanol–water partition coefficient (Wildman–Crippen LogP) is 4.20. The third-order valence-corrected chi connectivity index (χ3v) is 4.19. The van der Waals surface area contributed by atoms with Crippen molar-refractivity contribution in [2.24, 2.45) is 0 Å². The van der Waals surface area contributed by atoms with Gasteiger partial charge >= 0.3 is 0 Å². The first-order valence-corrected chi connectivity index (χ1v) is 8.80. The smallest absolute Gasteiger partial charge is 0.258 e. The fourth-order valence-electron chi connectivity index (χ4n) is 1.93. The van der Waals surface area contributed by atoms with Crippen LogP contribution in [0.1, 0.15) is 5.56 Å². The van der Waals surface area contributed by atoms with E-state index < -0.39 is 5.91 Å². The Morgan fingerprint density at radius 1 is 1.12 bits per heavy atom. The van der Waals surface area contributed by atoms with Gasteiger partial charge < -0.3 is 15.4 Å². The van der Waals surface area contributed by atoms with Gasteiger partial charge in [-0.25, -0.2) is 0 Å². The van der Waals surface area contributed by atoms with Crippen molar-refractivity contribution in [3.05, 3.63) is 56.5 Å². The second-order valence-electron chi connectivity index (χ2n) is 5.15. The summed E-state index contributed by atoms with van der Waals surface area (Å²) in [6.07, 6.45) is 0. The number of amides is 2. The molecule has 2 aromatic rings. The van der Waals surface area contributed by atoms with Crippen LogP contribution in [-0.2, 0) is 9.59 Å². The molecule has 2 N–H and O–H groups in total. The molecule has 0 spiro atoms. The number of aryl methyl sites for hydroxylation is 1. The van der Waals surface area contributed by atoms with Gasteiger partial charge in [0.2, 0.25) is 5.91 Å². The molecule has 0 bridgehead atoms. The Morgan fingerprint density at radius 3 is 2.56 bits per heavy atom. The van der Waals surface area contributed by atoms with Gasteiger partial charge in [-0.2, -0.15) is 0 Å². The highest BCUT2D eigenvalue weighted by atomic mass is 79.9. The quantitative estimate of drug-likeness (QED) is 0.700. The Labute approximate surface area is 163 Å². The number of nitrogens with one attached hydrogen (secondary N) is 2. The molecule has 0 fully saturated rings. The minimum Gasteiger partial charge on any atom is -0.482 e. The Morgan fingerprint density at radius 2 is 1.88 bits per heavy atom. The lowest BCUT2D eigenvalue weighted by molar-refractivity contribution is -0.125. The van der Waals surface area contributed by atoms with Crippen LogP contribution in [-0.4, -0.2) is 25.0 Å². The molecule has 0 aliphatic heterocycles. The summed E-state index contributed by atoms with van der Waals surface area (Å²) in [4.78, 5) is 23.7. The Hall–Kier alpha value is -1.76. The van der Waals surface area contributed by atoms with E-state index in [1.807, 2.05) is 19.1 Å². The molecule has 0 atom stereocenters. The van der Waals surface area contributed by atoms with Crippen LogP contribution < -0.4 is 15.4 Å². The molecule has 0 saturated heterocycles. The number of halogens is 3. The largest absolute Gasteiger partial charge is 0.482 e. The van der Waals surface area contributed by atoms with Crippen molar-refractivity contribution in [2.75, 3.05) is 18.5 Å². The van der Waals surface area contributed by atoms with Crippen molar-refractivity contribution >= 4 is 56.6 Å². The Bertz CT molecular complexity index is 799. The van der Waals surface area contributed by atoms with E-state index in [2.05, 4.69) is 26.6 Å². The second kappa shape index (κ2) is 9.08. The van der Waals surface area contributed by atoms with Crippen LogP contribution in [0.3, 0.4) is 0 Å². The van der Waals surface area contributed by atoms with Crippen LogP contribution in [0, 0.1) is 6.92 Å². The molecular formula is C17H15BrCl2N2O3. The predicted molar refractivity (Wildman–Crippen MR) is 102 cm³/mol. The lowest BCUT2D eigenvalue weighted by Gasteiger charge is -2.11. The molecule has 2 aromatic carbocycles. The van der Waals surface area contributed by atoms with Crippen LogP contribution in [0.4, 0.5) is 5.69 Å². The number of benzene rings is 2. The summed E-state index contributed by atoms with van der Waals surface area (Å²) in [5.74, 6) is -0.423. The molecule has 8 heteroatoms. The summed E-state index contributed by atoms with van der Waals surface area (Å²) in [6.45, 7) is 1.46. The fourth-order valence-corrected chi connectivity index (χ4v) is 2.87. The van der Waals surface area contributed by atoms with Crippen LogP contribution in [0.5, 0.6) is 5.75 Å². The number of anilines is 1. The van der Waals surface area contributed by atoms with E-state index in [4.69, 9.17) is 27.9 Å². The average Bonchev–Trinajstić information content (AvgIpc) is 2.55. The van der Waals surface area contributed by atoms with Gasteiger partial charge in [0, 0.05) is 15.2 Å². The summed E-state index contributed by atoms with van der Waals surface area (Å²) in [7, 11) is 0. The van der Waals surface area contributed by atoms with E-state index in [0.717, 1.165) is 10.0 Å². The number of ether oxygens (including phenoxy) is 1. The summed E-state index contributed by atoms with van der Waals surface area (Å²) in [5, 5.41) is 5.99. The normalized spacial score (nSPS) is 10.2. The van der Waals surface area contributed by atoms with Crippen molar-refractivity contribution in [1.82, 2.24) is 5.32 Å². The van der Waals surface area contributed by atoms with Crippen molar-refractivity contribution in [3.8, 4) is 5.75 Å². The summed E-state index contributed by atoms with van der Waals surface area (Å²) in [6, 6.07) is 10.2. The van der Waals surface area contributed by atoms with Gasteiger partial charge in [0.15, 0.2) is 6.61 Å². The molecule has 0 aliphatic rings. The minimum atomic E-state index is -0.436. The molecule has 5 nitrogen and oxygen atoms in total. The molecule has 2 rings (SSSR count). The van der Waals surface area contributed by atoms with Crippen LogP contribution in [0.2, 0.25) is 10.0 Å². The minimum absolute atomic E-state index is 0.161. The van der Waals surface area contributed by atoms with E-state index in [0.29, 0.717) is 21.5 Å². The van der Waals surface area contributed by atoms with Crippen molar-refractivity contribution < 1.29 is 14.3 Å². The number of hydrogen-bond donors (Lipinski definition) is 2. The second-order valence-corrected chi connectivity index (χ2v) is 6.91. The van der Waals surface area contributed by atoms with Crippen molar-refractivity contribution in [3.63, 3.8) is 0 Å². The molecule has 0 unspecified atom stereocenters. The maximum absolute atomic E-state index is 11.9. The molecule has 0 heterocycles. The van der Waals surface area contributed by atoms with E-state index in [1.54, 1.807) is 18.2 Å². The van der Waals surface area contributed by atoms with Gasteiger partial charge in [0.1, 0.15) is 5.75 Å². The van der Waals surface area contributed by atoms with Gasteiger partial charge in [0.25, 0.3) is 5.91 Å². The van der Waals surface area contributed by atoms with Crippen LogP contribution in [0.15, 0.2) is 40.9 Å². The number of hydrogen-bond acceptors (Lipinski definition) is 3. The zero-order valence-electron chi connectivity index (χ0n) is 13.2. The molecule has 0 aromatic heterocycles. The Balaban J connectivity index is 1.78. The molecular weight excluding hydrogens is 431 g/mol. The van der Waals surface area contributed by atoms with Gasteiger partial charge in [-0.15, -0.1) is 0 Å². The first kappa shape index (κ1) is 19.6. The SMILES string of the molecule is Cc1cc(Br)ccc1NC(=O)CNC(=O)COc1ccc(Cl)cc1Cl. The van der Waals surface area contributed by atoms with Gasteiger partial charge in [-0.3, -0.25) is 9.59 Å². The first-order chi connectivity index (χ1) is 11.8. The van der Waals surface area contributed by atoms with Crippen LogP contribution in [0.25, 0.3) is 0 Å². The average molecular weight is 446 g/mol. The Kier molecular flexibility index (Phi) is 7.11. The molecule has 132 valence electrons. The summed E-state index contributed by atoms with van der Waals surface area (Å²) < 4.78 is 6.22. The fraction of sp³-hybridized carbons (Fsp3) is 0.176. The third-order valence-electron chi connectivity index (χ3n) is 3.16. The lowest BCUT2D eigenvalue weighted by atomic mass is 10.2. The van der Waals surface area contributed by atoms with E-state index in [1.165, 1.54) is 6.07 Å². The molecule has 0 aliphatic carbocycles. The third kappa shape index (κ3) is 6.23. The van der Waals surface area contributed by atoms with Gasteiger partial charge in [0.05, 0.1) is 11.6 Å². The van der Waals surface area contributed by atoms with Gasteiger partial charge in [-0.1, -0.05) is 39.1 Å². The van der Waals surface area contributed by atoms with E-state index in [-0.39, 0.29) is 19.1 Å². The maximum atomic E-state index is 11.9. The summed E-state index contributed by atoms with van der Waals surface area (Å²) in [5.41, 5.74) is 1.60. The zero-order chi connectivity index (χ0) is 18.4. The molecule has 0 radical (unpaired) electrons. The van der Waals surface area contributed by atoms with Crippen molar-refractivity contribution in [1.29, 1.82) is 0 Å². The molecule has 2 amide bonds. The first-order valence-electron chi connectivity index (χ1n) is 7.25. The standard InChI is InChI=1S/C17H15BrCl2N2O3/c1-10-6-11(18)2-4-14(10)22-16(23)8-21-17(24)9-25-15-5-3-12(19)7-13(15)20/h2-7H,8-9H2,1H3,(H,21,24)(H,22,23). The number of carbonyl (C=O) groups excluding carboxylic acids is 2. The number of rotatable bonds is 6. The molecule has 0 saturated carbocycles. The molecule has 25 heavy (non-hydrogen) atoms.